The minimum Gasteiger partial charge on any atom is -0.372 e. The highest BCUT2D eigenvalue weighted by molar-refractivity contribution is 7.92. The number of benzene rings is 2. The van der Waals surface area contributed by atoms with Gasteiger partial charge in [-0.15, -0.1) is 0 Å². The summed E-state index contributed by atoms with van der Waals surface area (Å²) < 4.78 is 25.8. The van der Waals surface area contributed by atoms with Crippen LogP contribution in [0.1, 0.15) is 48.1 Å². The molecule has 1 unspecified atom stereocenters. The van der Waals surface area contributed by atoms with Gasteiger partial charge in [0.15, 0.2) is 0 Å². The van der Waals surface area contributed by atoms with Gasteiger partial charge in [-0.25, -0.2) is 8.42 Å². The van der Waals surface area contributed by atoms with Crippen LogP contribution in [0.25, 0.3) is 0 Å². The minimum atomic E-state index is -3.71. The summed E-state index contributed by atoms with van der Waals surface area (Å²) >= 11 is 0. The lowest BCUT2D eigenvalue weighted by molar-refractivity contribution is -0.120. The number of anilines is 2. The molecule has 34 heavy (non-hydrogen) atoms. The topological polar surface area (TPSA) is 90.0 Å². The van der Waals surface area contributed by atoms with E-state index in [-0.39, 0.29) is 18.5 Å². The van der Waals surface area contributed by atoms with Crippen molar-refractivity contribution in [1.29, 1.82) is 0 Å². The predicted octanol–water partition coefficient (Wildman–Crippen LogP) is 3.02. The summed E-state index contributed by atoms with van der Waals surface area (Å²) in [5, 5.41) is 2.89. The Hall–Kier alpha value is -3.07. The summed E-state index contributed by atoms with van der Waals surface area (Å²) in [6, 6.07) is 14.1. The largest absolute Gasteiger partial charge is 0.372 e. The molecule has 0 bridgehead atoms. The van der Waals surface area contributed by atoms with E-state index in [0.29, 0.717) is 11.3 Å². The Bertz CT molecular complexity index is 1090. The second-order valence-corrected chi connectivity index (χ2v) is 10.9. The fourth-order valence-corrected chi connectivity index (χ4v) is 4.91. The zero-order valence-corrected chi connectivity index (χ0v) is 21.1. The Labute approximate surface area is 202 Å². The van der Waals surface area contributed by atoms with Gasteiger partial charge in [-0.05, 0) is 68.1 Å². The van der Waals surface area contributed by atoms with E-state index in [1.165, 1.54) is 42.0 Å². The normalized spacial score (nSPS) is 14.9. The molecule has 1 atom stereocenters. The SMILES string of the molecule is CC(NC(=O)CN(c1ccc(C(=O)N(C)C)cc1)S(C)(=O)=O)c1ccc(N2CCCCC2)cc1. The fourth-order valence-electron chi connectivity index (χ4n) is 4.06. The molecular weight excluding hydrogens is 452 g/mol. The summed E-state index contributed by atoms with van der Waals surface area (Å²) in [7, 11) is -0.420. The second-order valence-electron chi connectivity index (χ2n) is 8.94. The Kier molecular flexibility index (Phi) is 8.19. The van der Waals surface area contributed by atoms with Crippen molar-refractivity contribution in [3.63, 3.8) is 0 Å². The van der Waals surface area contributed by atoms with Crippen LogP contribution >= 0.6 is 0 Å². The number of nitrogens with zero attached hydrogens (tertiary/aromatic N) is 3. The molecule has 2 aromatic rings. The molecule has 2 amide bonds. The molecule has 8 nitrogen and oxygen atoms in total. The van der Waals surface area contributed by atoms with Gasteiger partial charge in [0, 0.05) is 38.4 Å². The Morgan fingerprint density at radius 1 is 0.971 bits per heavy atom. The van der Waals surface area contributed by atoms with Crippen molar-refractivity contribution >= 4 is 33.2 Å². The Balaban J connectivity index is 1.66. The van der Waals surface area contributed by atoms with Gasteiger partial charge >= 0.3 is 0 Å². The van der Waals surface area contributed by atoms with Gasteiger partial charge in [0.1, 0.15) is 6.54 Å². The highest BCUT2D eigenvalue weighted by Crippen LogP contribution is 2.23. The van der Waals surface area contributed by atoms with Crippen LogP contribution in [0.5, 0.6) is 0 Å². The van der Waals surface area contributed by atoms with E-state index in [9.17, 15) is 18.0 Å². The third-order valence-corrected chi connectivity index (χ3v) is 7.13. The van der Waals surface area contributed by atoms with Crippen molar-refractivity contribution in [2.45, 2.75) is 32.2 Å². The summed E-state index contributed by atoms with van der Waals surface area (Å²) in [6.45, 7) is 3.66. The van der Waals surface area contributed by atoms with Gasteiger partial charge in [0.2, 0.25) is 15.9 Å². The number of sulfonamides is 1. The van der Waals surface area contributed by atoms with E-state index in [1.54, 1.807) is 26.2 Å². The van der Waals surface area contributed by atoms with Crippen LogP contribution in [-0.4, -0.2) is 65.1 Å². The molecule has 0 saturated carbocycles. The van der Waals surface area contributed by atoms with Crippen LogP contribution in [0.3, 0.4) is 0 Å². The molecule has 184 valence electrons. The molecule has 0 aromatic heterocycles. The lowest BCUT2D eigenvalue weighted by Gasteiger charge is -2.29. The molecule has 0 spiro atoms. The van der Waals surface area contributed by atoms with Crippen molar-refractivity contribution < 1.29 is 18.0 Å². The zero-order valence-electron chi connectivity index (χ0n) is 20.3. The smallest absolute Gasteiger partial charge is 0.253 e. The molecule has 9 heteroatoms. The van der Waals surface area contributed by atoms with Gasteiger partial charge in [-0.3, -0.25) is 13.9 Å². The van der Waals surface area contributed by atoms with Crippen LogP contribution in [0, 0.1) is 0 Å². The molecule has 1 aliphatic heterocycles. The van der Waals surface area contributed by atoms with Gasteiger partial charge in [-0.2, -0.15) is 0 Å². The first-order valence-corrected chi connectivity index (χ1v) is 13.3. The third-order valence-electron chi connectivity index (χ3n) is 5.99. The van der Waals surface area contributed by atoms with E-state index in [4.69, 9.17) is 0 Å². The van der Waals surface area contributed by atoms with E-state index in [0.717, 1.165) is 29.2 Å². The van der Waals surface area contributed by atoms with Crippen LogP contribution in [0.15, 0.2) is 48.5 Å². The van der Waals surface area contributed by atoms with Crippen molar-refractivity contribution in [2.24, 2.45) is 0 Å². The number of piperidine rings is 1. The average molecular weight is 487 g/mol. The van der Waals surface area contributed by atoms with Gasteiger partial charge < -0.3 is 15.1 Å². The average Bonchev–Trinajstić information content (AvgIpc) is 2.82. The molecule has 1 N–H and O–H groups in total. The summed E-state index contributed by atoms with van der Waals surface area (Å²) in [5.41, 5.74) is 2.90. The monoisotopic (exact) mass is 486 g/mol. The summed E-state index contributed by atoms with van der Waals surface area (Å²) in [4.78, 5) is 28.7. The molecule has 0 aliphatic carbocycles. The molecule has 0 radical (unpaired) electrons. The molecule has 1 saturated heterocycles. The van der Waals surface area contributed by atoms with Gasteiger partial charge in [-0.1, -0.05) is 12.1 Å². The summed E-state index contributed by atoms with van der Waals surface area (Å²) in [5.74, 6) is -0.596. The van der Waals surface area contributed by atoms with Crippen LogP contribution in [-0.2, 0) is 14.8 Å². The maximum absolute atomic E-state index is 12.7. The summed E-state index contributed by atoms with van der Waals surface area (Å²) in [6.07, 6.45) is 4.75. The Morgan fingerprint density at radius 3 is 2.09 bits per heavy atom. The number of nitrogens with one attached hydrogen (secondary N) is 1. The minimum absolute atomic E-state index is 0.185. The zero-order chi connectivity index (χ0) is 24.9. The molecule has 2 aromatic carbocycles. The lowest BCUT2D eigenvalue weighted by atomic mass is 10.1. The van der Waals surface area contributed by atoms with Gasteiger partial charge in [0.25, 0.3) is 5.91 Å². The van der Waals surface area contributed by atoms with E-state index in [2.05, 4.69) is 22.3 Å². The fraction of sp³-hybridized carbons (Fsp3) is 0.440. The predicted molar refractivity (Wildman–Crippen MR) is 136 cm³/mol. The molecule has 3 rings (SSSR count). The molecule has 1 aliphatic rings. The second kappa shape index (κ2) is 10.9. The first kappa shape index (κ1) is 25.6. The molecular formula is C25H34N4O4S. The van der Waals surface area contributed by atoms with Crippen LogP contribution in [0.4, 0.5) is 11.4 Å². The number of rotatable bonds is 8. The van der Waals surface area contributed by atoms with E-state index < -0.39 is 15.9 Å². The molecule has 1 heterocycles. The van der Waals surface area contributed by atoms with Crippen molar-refractivity contribution in [2.75, 3.05) is 49.2 Å². The van der Waals surface area contributed by atoms with Crippen molar-refractivity contribution in [1.82, 2.24) is 10.2 Å². The highest BCUT2D eigenvalue weighted by atomic mass is 32.2. The maximum atomic E-state index is 12.7. The van der Waals surface area contributed by atoms with Crippen molar-refractivity contribution in [3.05, 3.63) is 59.7 Å². The maximum Gasteiger partial charge on any atom is 0.253 e. The Morgan fingerprint density at radius 2 is 1.56 bits per heavy atom. The van der Waals surface area contributed by atoms with Crippen LogP contribution < -0.4 is 14.5 Å². The van der Waals surface area contributed by atoms with Crippen molar-refractivity contribution in [3.8, 4) is 0 Å². The number of hydrogen-bond acceptors (Lipinski definition) is 5. The lowest BCUT2D eigenvalue weighted by Crippen LogP contribution is -2.41. The van der Waals surface area contributed by atoms with E-state index >= 15 is 0 Å². The molecule has 1 fully saturated rings. The number of carbonyl (C=O) groups excluding carboxylic acids is 2. The van der Waals surface area contributed by atoms with Gasteiger partial charge in [0.05, 0.1) is 18.0 Å². The third kappa shape index (κ3) is 6.50. The number of amides is 2. The number of hydrogen-bond donors (Lipinski definition) is 1. The first-order chi connectivity index (χ1) is 16.1. The first-order valence-electron chi connectivity index (χ1n) is 11.5. The van der Waals surface area contributed by atoms with E-state index in [1.807, 2.05) is 19.1 Å². The standard InChI is InChI=1S/C25H34N4O4S/c1-19(20-8-12-22(13-9-20)28-16-6-5-7-17-28)26-24(30)18-29(34(4,32)33)23-14-10-21(11-15-23)25(31)27(2)3/h8-15,19H,5-7,16-18H2,1-4H3,(H,26,30). The number of carbonyl (C=O) groups is 2. The quantitative estimate of drug-likeness (QED) is 0.620. The highest BCUT2D eigenvalue weighted by Gasteiger charge is 2.22. The van der Waals surface area contributed by atoms with Crippen LogP contribution in [0.2, 0.25) is 0 Å².